The Bertz CT molecular complexity index is 281. The van der Waals surface area contributed by atoms with Crippen LogP contribution < -0.4 is 5.32 Å². The fourth-order valence-corrected chi connectivity index (χ4v) is 1.75. The normalized spacial score (nSPS) is 26.0. The van der Waals surface area contributed by atoms with Gasteiger partial charge in [-0.3, -0.25) is 4.79 Å². The SMILES string of the molecule is CC(C)(C#N)C(=O)NCC1CCCC1O. The van der Waals surface area contributed by atoms with E-state index in [-0.39, 0.29) is 17.9 Å². The minimum atomic E-state index is -0.983. The van der Waals surface area contributed by atoms with Crippen LogP contribution in [0.3, 0.4) is 0 Å². The highest BCUT2D eigenvalue weighted by Crippen LogP contribution is 2.25. The highest BCUT2D eigenvalue weighted by atomic mass is 16.3. The van der Waals surface area contributed by atoms with Crippen LogP contribution in [0.4, 0.5) is 0 Å². The minimum Gasteiger partial charge on any atom is -0.393 e. The van der Waals surface area contributed by atoms with Gasteiger partial charge in [-0.2, -0.15) is 5.26 Å². The summed E-state index contributed by atoms with van der Waals surface area (Å²) < 4.78 is 0. The largest absolute Gasteiger partial charge is 0.393 e. The molecule has 0 spiro atoms. The van der Waals surface area contributed by atoms with Gasteiger partial charge in [0.25, 0.3) is 0 Å². The van der Waals surface area contributed by atoms with Gasteiger partial charge in [0.2, 0.25) is 5.91 Å². The molecular formula is C11H18N2O2. The third kappa shape index (κ3) is 2.93. The number of carbonyl (C=O) groups is 1. The van der Waals surface area contributed by atoms with E-state index < -0.39 is 5.41 Å². The second-order valence-electron chi connectivity index (χ2n) is 4.71. The molecule has 0 saturated heterocycles. The average Bonchev–Trinajstić information content (AvgIpc) is 2.60. The first-order valence-electron chi connectivity index (χ1n) is 5.35. The van der Waals surface area contributed by atoms with E-state index in [1.54, 1.807) is 13.8 Å². The molecule has 1 aliphatic carbocycles. The van der Waals surface area contributed by atoms with Gasteiger partial charge >= 0.3 is 0 Å². The smallest absolute Gasteiger partial charge is 0.239 e. The molecule has 0 bridgehead atoms. The number of nitriles is 1. The maximum atomic E-state index is 11.5. The molecule has 2 unspecified atom stereocenters. The van der Waals surface area contributed by atoms with Gasteiger partial charge in [0, 0.05) is 12.5 Å². The number of hydrogen-bond donors (Lipinski definition) is 2. The van der Waals surface area contributed by atoms with Crippen LogP contribution in [0, 0.1) is 22.7 Å². The summed E-state index contributed by atoms with van der Waals surface area (Å²) in [6, 6.07) is 1.95. The lowest BCUT2D eigenvalue weighted by Gasteiger charge is -2.19. The van der Waals surface area contributed by atoms with Crippen LogP contribution in [0.25, 0.3) is 0 Å². The predicted molar refractivity (Wildman–Crippen MR) is 55.8 cm³/mol. The molecule has 0 radical (unpaired) electrons. The van der Waals surface area contributed by atoms with Gasteiger partial charge < -0.3 is 10.4 Å². The molecule has 15 heavy (non-hydrogen) atoms. The Hall–Kier alpha value is -1.08. The van der Waals surface area contributed by atoms with Gasteiger partial charge in [-0.05, 0) is 26.7 Å². The van der Waals surface area contributed by atoms with Gasteiger partial charge in [-0.15, -0.1) is 0 Å². The lowest BCUT2D eigenvalue weighted by atomic mass is 9.94. The molecule has 4 nitrogen and oxygen atoms in total. The molecule has 4 heteroatoms. The van der Waals surface area contributed by atoms with Gasteiger partial charge in [0.1, 0.15) is 5.41 Å². The molecule has 2 atom stereocenters. The Labute approximate surface area is 90.3 Å². The van der Waals surface area contributed by atoms with Crippen molar-refractivity contribution in [2.75, 3.05) is 6.54 Å². The predicted octanol–water partition coefficient (Wildman–Crippen LogP) is 0.813. The maximum Gasteiger partial charge on any atom is 0.239 e. The second-order valence-corrected chi connectivity index (χ2v) is 4.71. The lowest BCUT2D eigenvalue weighted by molar-refractivity contribution is -0.127. The molecule has 1 amide bonds. The number of aliphatic hydroxyl groups is 1. The average molecular weight is 210 g/mol. The number of nitrogens with zero attached hydrogens (tertiary/aromatic N) is 1. The standard InChI is InChI=1S/C11H18N2O2/c1-11(2,7-12)10(15)13-6-8-4-3-5-9(8)14/h8-9,14H,3-6H2,1-2H3,(H,13,15). The van der Waals surface area contributed by atoms with Crippen molar-refractivity contribution in [2.24, 2.45) is 11.3 Å². The molecule has 1 rings (SSSR count). The van der Waals surface area contributed by atoms with Crippen molar-refractivity contribution in [3.8, 4) is 6.07 Å². The molecule has 0 aromatic heterocycles. The summed E-state index contributed by atoms with van der Waals surface area (Å²) in [6.45, 7) is 3.66. The Morgan fingerprint density at radius 2 is 2.27 bits per heavy atom. The first-order valence-corrected chi connectivity index (χ1v) is 5.35. The third-order valence-electron chi connectivity index (χ3n) is 2.99. The van der Waals surface area contributed by atoms with Crippen molar-refractivity contribution >= 4 is 5.91 Å². The highest BCUT2D eigenvalue weighted by Gasteiger charge is 2.30. The van der Waals surface area contributed by atoms with Gasteiger partial charge in [-0.1, -0.05) is 6.42 Å². The second kappa shape index (κ2) is 4.63. The monoisotopic (exact) mass is 210 g/mol. The van der Waals surface area contributed by atoms with Crippen LogP contribution in [0.2, 0.25) is 0 Å². The first kappa shape index (κ1) is 12.0. The Balaban J connectivity index is 2.38. The number of nitrogens with one attached hydrogen (secondary N) is 1. The van der Waals surface area contributed by atoms with Gasteiger partial charge in [-0.25, -0.2) is 0 Å². The van der Waals surface area contributed by atoms with Crippen molar-refractivity contribution in [1.82, 2.24) is 5.32 Å². The topological polar surface area (TPSA) is 73.1 Å². The summed E-state index contributed by atoms with van der Waals surface area (Å²) in [5.74, 6) is -0.104. The van der Waals surface area contributed by atoms with Crippen LogP contribution in [0.15, 0.2) is 0 Å². The summed E-state index contributed by atoms with van der Waals surface area (Å²) in [5, 5.41) is 21.0. The van der Waals surface area contributed by atoms with E-state index in [4.69, 9.17) is 5.26 Å². The fourth-order valence-electron chi connectivity index (χ4n) is 1.75. The van der Waals surface area contributed by atoms with Crippen LogP contribution >= 0.6 is 0 Å². The summed E-state index contributed by atoms with van der Waals surface area (Å²) in [4.78, 5) is 11.5. The Kier molecular flexibility index (Phi) is 3.70. The molecule has 2 N–H and O–H groups in total. The molecular weight excluding hydrogens is 192 g/mol. The van der Waals surface area contributed by atoms with Crippen molar-refractivity contribution < 1.29 is 9.90 Å². The lowest BCUT2D eigenvalue weighted by Crippen LogP contribution is -2.39. The Morgan fingerprint density at radius 3 is 2.73 bits per heavy atom. The summed E-state index contributed by atoms with van der Waals surface area (Å²) >= 11 is 0. The highest BCUT2D eigenvalue weighted by molar-refractivity contribution is 5.84. The van der Waals surface area contributed by atoms with Crippen LogP contribution in [-0.2, 0) is 4.79 Å². The van der Waals surface area contributed by atoms with E-state index in [1.165, 1.54) is 0 Å². The van der Waals surface area contributed by atoms with Crippen LogP contribution in [-0.4, -0.2) is 23.7 Å². The zero-order valence-electron chi connectivity index (χ0n) is 9.29. The van der Waals surface area contributed by atoms with Crippen LogP contribution in [0.1, 0.15) is 33.1 Å². The number of amides is 1. The van der Waals surface area contributed by atoms with E-state index in [1.807, 2.05) is 6.07 Å². The summed E-state index contributed by atoms with van der Waals surface area (Å²) in [7, 11) is 0. The quantitative estimate of drug-likeness (QED) is 0.724. The first-order chi connectivity index (χ1) is 6.97. The van der Waals surface area contributed by atoms with Crippen molar-refractivity contribution in [2.45, 2.75) is 39.2 Å². The molecule has 0 aliphatic heterocycles. The molecule has 84 valence electrons. The Morgan fingerprint density at radius 1 is 1.60 bits per heavy atom. The third-order valence-corrected chi connectivity index (χ3v) is 2.99. The molecule has 1 saturated carbocycles. The van der Waals surface area contributed by atoms with Gasteiger partial charge in [0.05, 0.1) is 12.2 Å². The van der Waals surface area contributed by atoms with Crippen LogP contribution in [0.5, 0.6) is 0 Å². The maximum absolute atomic E-state index is 11.5. The van der Waals surface area contributed by atoms with Crippen molar-refractivity contribution in [1.29, 1.82) is 5.26 Å². The van der Waals surface area contributed by atoms with Crippen molar-refractivity contribution in [3.63, 3.8) is 0 Å². The molecule has 1 fully saturated rings. The van der Waals surface area contributed by atoms with Crippen molar-refractivity contribution in [3.05, 3.63) is 0 Å². The zero-order chi connectivity index (χ0) is 11.5. The van der Waals surface area contributed by atoms with Gasteiger partial charge in [0.15, 0.2) is 0 Å². The summed E-state index contributed by atoms with van der Waals surface area (Å²) in [5.41, 5.74) is -0.983. The molecule has 0 heterocycles. The molecule has 1 aliphatic rings. The summed E-state index contributed by atoms with van der Waals surface area (Å²) in [6.07, 6.45) is 2.50. The zero-order valence-corrected chi connectivity index (χ0v) is 9.29. The van der Waals surface area contributed by atoms with E-state index in [9.17, 15) is 9.90 Å². The number of carbonyl (C=O) groups excluding carboxylic acids is 1. The van der Waals surface area contributed by atoms with E-state index in [2.05, 4.69) is 5.32 Å². The molecule has 0 aromatic rings. The van der Waals surface area contributed by atoms with E-state index >= 15 is 0 Å². The number of hydrogen-bond acceptors (Lipinski definition) is 3. The van der Waals surface area contributed by atoms with E-state index in [0.717, 1.165) is 19.3 Å². The van der Waals surface area contributed by atoms with E-state index in [0.29, 0.717) is 6.54 Å². The molecule has 0 aromatic carbocycles. The minimum absolute atomic E-state index is 0.156. The number of rotatable bonds is 3. The fraction of sp³-hybridized carbons (Fsp3) is 0.818. The number of aliphatic hydroxyl groups excluding tert-OH is 1.